The zero-order valence-corrected chi connectivity index (χ0v) is 11.6. The Hall–Kier alpha value is -1.62. The smallest absolute Gasteiger partial charge is 0.292 e. The van der Waals surface area contributed by atoms with E-state index in [2.05, 4.69) is 17.3 Å². The molecule has 0 atom stereocenters. The predicted molar refractivity (Wildman–Crippen MR) is 76.6 cm³/mol. The first kappa shape index (κ1) is 13.8. The van der Waals surface area contributed by atoms with Gasteiger partial charge in [0.2, 0.25) is 0 Å². The fourth-order valence-corrected chi connectivity index (χ4v) is 2.44. The van der Waals surface area contributed by atoms with E-state index in [-0.39, 0.29) is 10.6 Å². The minimum atomic E-state index is -0.295. The quantitative estimate of drug-likeness (QED) is 0.670. The minimum absolute atomic E-state index is 0.193. The lowest BCUT2D eigenvalue weighted by atomic mass is 10.0. The third-order valence-corrected chi connectivity index (χ3v) is 3.75. The number of benzene rings is 1. The molecule has 19 heavy (non-hydrogen) atoms. The molecule has 0 spiro atoms. The van der Waals surface area contributed by atoms with E-state index in [9.17, 15) is 10.1 Å². The van der Waals surface area contributed by atoms with Crippen LogP contribution in [0.5, 0.6) is 0 Å². The van der Waals surface area contributed by atoms with E-state index in [0.29, 0.717) is 11.7 Å². The molecule has 0 bridgehead atoms. The molecule has 1 fully saturated rings. The van der Waals surface area contributed by atoms with Crippen LogP contribution in [0.1, 0.15) is 25.3 Å². The Morgan fingerprint density at radius 1 is 1.42 bits per heavy atom. The Balaban J connectivity index is 2.13. The summed E-state index contributed by atoms with van der Waals surface area (Å²) in [7, 11) is 2.11. The number of piperidine rings is 1. The van der Waals surface area contributed by atoms with Gasteiger partial charge in [-0.3, -0.25) is 10.1 Å². The van der Waals surface area contributed by atoms with E-state index in [4.69, 9.17) is 0 Å². The van der Waals surface area contributed by atoms with E-state index >= 15 is 0 Å². The number of nitro benzene ring substituents is 1. The average molecular weight is 263 g/mol. The maximum atomic E-state index is 11.1. The number of aryl methyl sites for hydroxylation is 1. The monoisotopic (exact) mass is 263 g/mol. The van der Waals surface area contributed by atoms with Crippen molar-refractivity contribution >= 4 is 11.4 Å². The Morgan fingerprint density at radius 3 is 2.68 bits per heavy atom. The normalized spacial score (nSPS) is 17.4. The second kappa shape index (κ2) is 6.02. The van der Waals surface area contributed by atoms with Crippen molar-refractivity contribution in [3.05, 3.63) is 33.9 Å². The molecule has 1 aromatic rings. The fourth-order valence-electron chi connectivity index (χ4n) is 2.44. The highest BCUT2D eigenvalue weighted by atomic mass is 16.6. The Morgan fingerprint density at radius 2 is 2.11 bits per heavy atom. The van der Waals surface area contributed by atoms with Crippen LogP contribution in [0.15, 0.2) is 18.2 Å². The molecule has 1 aliphatic heterocycles. The van der Waals surface area contributed by atoms with Gasteiger partial charge in [0.25, 0.3) is 5.69 Å². The van der Waals surface area contributed by atoms with Crippen molar-refractivity contribution < 1.29 is 4.92 Å². The van der Waals surface area contributed by atoms with Crippen molar-refractivity contribution in [3.8, 4) is 0 Å². The van der Waals surface area contributed by atoms with Crippen molar-refractivity contribution in [2.24, 2.45) is 0 Å². The summed E-state index contributed by atoms with van der Waals surface area (Å²) in [5.41, 5.74) is 1.84. The van der Waals surface area contributed by atoms with Crippen LogP contribution in [0.2, 0.25) is 0 Å². The van der Waals surface area contributed by atoms with Gasteiger partial charge in [0.1, 0.15) is 5.69 Å². The first-order valence-electron chi connectivity index (χ1n) is 6.82. The Kier molecular flexibility index (Phi) is 4.37. The molecule has 1 heterocycles. The van der Waals surface area contributed by atoms with E-state index < -0.39 is 0 Å². The van der Waals surface area contributed by atoms with Crippen LogP contribution in [0.4, 0.5) is 11.4 Å². The summed E-state index contributed by atoms with van der Waals surface area (Å²) < 4.78 is 0. The van der Waals surface area contributed by atoms with E-state index in [1.807, 2.05) is 19.1 Å². The lowest BCUT2D eigenvalue weighted by Crippen LogP contribution is -2.36. The number of nitrogens with zero attached hydrogens (tertiary/aromatic N) is 2. The number of hydrogen-bond acceptors (Lipinski definition) is 4. The second-order valence-electron chi connectivity index (χ2n) is 5.18. The molecule has 1 N–H and O–H groups in total. The fraction of sp³-hybridized carbons (Fsp3) is 0.571. The largest absolute Gasteiger partial charge is 0.377 e. The van der Waals surface area contributed by atoms with Crippen molar-refractivity contribution in [2.75, 3.05) is 25.5 Å². The van der Waals surface area contributed by atoms with Crippen LogP contribution in [-0.2, 0) is 6.42 Å². The predicted octanol–water partition coefficient (Wildman–Crippen LogP) is 2.66. The summed E-state index contributed by atoms with van der Waals surface area (Å²) in [4.78, 5) is 13.1. The topological polar surface area (TPSA) is 58.4 Å². The van der Waals surface area contributed by atoms with Gasteiger partial charge in [0, 0.05) is 12.1 Å². The van der Waals surface area contributed by atoms with Crippen LogP contribution in [0.25, 0.3) is 0 Å². The van der Waals surface area contributed by atoms with Crippen LogP contribution in [0, 0.1) is 10.1 Å². The number of nitrogens with one attached hydrogen (secondary N) is 1. The van der Waals surface area contributed by atoms with Crippen molar-refractivity contribution in [2.45, 2.75) is 32.2 Å². The highest BCUT2D eigenvalue weighted by Crippen LogP contribution is 2.28. The van der Waals surface area contributed by atoms with Crippen molar-refractivity contribution in [1.29, 1.82) is 0 Å². The molecular formula is C14H21N3O2. The summed E-state index contributed by atoms with van der Waals surface area (Å²) in [5.74, 6) is 0. The van der Waals surface area contributed by atoms with Gasteiger partial charge in [0.15, 0.2) is 0 Å². The maximum absolute atomic E-state index is 11.1. The minimum Gasteiger partial charge on any atom is -0.377 e. The van der Waals surface area contributed by atoms with Gasteiger partial charge in [-0.1, -0.05) is 13.0 Å². The maximum Gasteiger partial charge on any atom is 0.292 e. The zero-order valence-electron chi connectivity index (χ0n) is 11.6. The summed E-state index contributed by atoms with van der Waals surface area (Å²) in [6.07, 6.45) is 2.88. The molecule has 1 aliphatic rings. The van der Waals surface area contributed by atoms with Gasteiger partial charge in [-0.2, -0.15) is 0 Å². The summed E-state index contributed by atoms with van der Waals surface area (Å²) >= 11 is 0. The van der Waals surface area contributed by atoms with Crippen LogP contribution in [-0.4, -0.2) is 36.0 Å². The molecule has 1 saturated heterocycles. The third kappa shape index (κ3) is 3.44. The molecule has 0 amide bonds. The van der Waals surface area contributed by atoms with E-state index in [1.165, 1.54) is 0 Å². The van der Waals surface area contributed by atoms with E-state index in [0.717, 1.165) is 37.9 Å². The van der Waals surface area contributed by atoms with Gasteiger partial charge in [-0.15, -0.1) is 0 Å². The molecule has 0 unspecified atom stereocenters. The molecular weight excluding hydrogens is 242 g/mol. The molecule has 5 heteroatoms. The van der Waals surface area contributed by atoms with Gasteiger partial charge in [-0.05, 0) is 51.0 Å². The molecule has 0 aliphatic carbocycles. The average Bonchev–Trinajstić information content (AvgIpc) is 2.41. The number of nitro groups is 1. The van der Waals surface area contributed by atoms with Gasteiger partial charge >= 0.3 is 0 Å². The molecule has 2 rings (SSSR count). The SMILES string of the molecule is CCc1ccc(NC2CCN(C)CC2)c([N+](=O)[O-])c1. The Labute approximate surface area is 113 Å². The third-order valence-electron chi connectivity index (χ3n) is 3.75. The molecule has 0 radical (unpaired) electrons. The number of anilines is 1. The lowest BCUT2D eigenvalue weighted by molar-refractivity contribution is -0.384. The summed E-state index contributed by atoms with van der Waals surface area (Å²) in [6, 6.07) is 5.82. The van der Waals surface area contributed by atoms with Gasteiger partial charge < -0.3 is 10.2 Å². The standard InChI is InChI=1S/C14H21N3O2/c1-3-11-4-5-13(14(10-11)17(18)19)15-12-6-8-16(2)9-7-12/h4-5,10,12,15H,3,6-9H2,1-2H3. The number of hydrogen-bond donors (Lipinski definition) is 1. The summed E-state index contributed by atoms with van der Waals surface area (Å²) in [6.45, 7) is 4.08. The molecule has 0 aromatic heterocycles. The van der Waals surface area contributed by atoms with Gasteiger partial charge in [0.05, 0.1) is 4.92 Å². The number of likely N-dealkylation sites (tertiary alicyclic amines) is 1. The van der Waals surface area contributed by atoms with Crippen LogP contribution in [0.3, 0.4) is 0 Å². The summed E-state index contributed by atoms with van der Waals surface area (Å²) in [5, 5.41) is 14.5. The zero-order chi connectivity index (χ0) is 13.8. The number of rotatable bonds is 4. The molecule has 104 valence electrons. The van der Waals surface area contributed by atoms with Crippen molar-refractivity contribution in [1.82, 2.24) is 4.90 Å². The first-order valence-corrected chi connectivity index (χ1v) is 6.82. The van der Waals surface area contributed by atoms with Crippen LogP contribution >= 0.6 is 0 Å². The second-order valence-corrected chi connectivity index (χ2v) is 5.18. The van der Waals surface area contributed by atoms with E-state index in [1.54, 1.807) is 6.07 Å². The molecule has 0 saturated carbocycles. The highest BCUT2D eigenvalue weighted by Gasteiger charge is 2.20. The van der Waals surface area contributed by atoms with Crippen molar-refractivity contribution in [3.63, 3.8) is 0 Å². The first-order chi connectivity index (χ1) is 9.10. The van der Waals surface area contributed by atoms with Gasteiger partial charge in [-0.25, -0.2) is 0 Å². The molecule has 1 aromatic carbocycles. The molecule has 5 nitrogen and oxygen atoms in total. The Bertz CT molecular complexity index is 454. The van der Waals surface area contributed by atoms with Crippen LogP contribution < -0.4 is 5.32 Å². The lowest BCUT2D eigenvalue weighted by Gasteiger charge is -2.30. The highest BCUT2D eigenvalue weighted by molar-refractivity contribution is 5.63.